The van der Waals surface area contributed by atoms with Gasteiger partial charge in [0.15, 0.2) is 0 Å². The molecule has 1 aromatic rings. The molecule has 37 heavy (non-hydrogen) atoms. The highest BCUT2D eigenvalue weighted by molar-refractivity contribution is 8.76. The Hall–Kier alpha value is -2.44. The lowest BCUT2D eigenvalue weighted by atomic mass is 9.81. The van der Waals surface area contributed by atoms with Crippen molar-refractivity contribution in [2.45, 2.75) is 62.6 Å². The van der Waals surface area contributed by atoms with E-state index in [-0.39, 0.29) is 47.4 Å². The smallest absolute Gasteiger partial charge is 0.327 e. The molecule has 1 aliphatic carbocycles. The van der Waals surface area contributed by atoms with Crippen molar-refractivity contribution in [2.24, 2.45) is 5.41 Å². The Morgan fingerprint density at radius 3 is 2.41 bits per heavy atom. The van der Waals surface area contributed by atoms with E-state index in [9.17, 15) is 29.4 Å². The molecule has 2 aliphatic heterocycles. The third-order valence-electron chi connectivity index (χ3n) is 7.56. The van der Waals surface area contributed by atoms with E-state index in [1.165, 1.54) is 21.6 Å². The highest BCUT2D eigenvalue weighted by Gasteiger charge is 2.42. The number of aromatic hydroxyl groups is 1. The van der Waals surface area contributed by atoms with Crippen LogP contribution in [-0.4, -0.2) is 76.6 Å². The number of phenols is 1. The Morgan fingerprint density at radius 2 is 1.70 bits per heavy atom. The number of benzene rings is 1. The summed E-state index contributed by atoms with van der Waals surface area (Å²) in [5.74, 6) is -1.46. The lowest BCUT2D eigenvalue weighted by Gasteiger charge is -2.29. The highest BCUT2D eigenvalue weighted by Crippen LogP contribution is 2.41. The first kappa shape index (κ1) is 27.6. The van der Waals surface area contributed by atoms with Crippen LogP contribution in [0.25, 0.3) is 0 Å². The number of carboxylic acids is 1. The number of aliphatic carboxylic acids is 1. The van der Waals surface area contributed by atoms with Crippen LogP contribution < -0.4 is 21.3 Å². The number of carboxylic acid groups (broad SMARTS) is 1. The van der Waals surface area contributed by atoms with E-state index < -0.39 is 29.5 Å². The van der Waals surface area contributed by atoms with Crippen molar-refractivity contribution in [2.75, 3.05) is 24.6 Å². The maximum Gasteiger partial charge on any atom is 0.327 e. The van der Waals surface area contributed by atoms with Crippen LogP contribution in [0.15, 0.2) is 24.3 Å². The van der Waals surface area contributed by atoms with Gasteiger partial charge < -0.3 is 31.5 Å². The summed E-state index contributed by atoms with van der Waals surface area (Å²) in [6, 6.07) is 4.46. The molecule has 6 N–H and O–H groups in total. The summed E-state index contributed by atoms with van der Waals surface area (Å²) in [6.07, 6.45) is 4.27. The first-order valence-electron chi connectivity index (χ1n) is 12.7. The van der Waals surface area contributed by atoms with Crippen LogP contribution in [-0.2, 0) is 19.2 Å². The topological polar surface area (TPSA) is 157 Å². The van der Waals surface area contributed by atoms with Crippen LogP contribution in [0.3, 0.4) is 0 Å². The minimum atomic E-state index is -1.09. The largest absolute Gasteiger partial charge is 0.508 e. The zero-order valence-electron chi connectivity index (χ0n) is 20.5. The van der Waals surface area contributed by atoms with E-state index in [2.05, 4.69) is 21.3 Å². The van der Waals surface area contributed by atoms with Gasteiger partial charge in [0.1, 0.15) is 17.8 Å². The molecule has 4 rings (SSSR count). The number of rotatable bonds is 4. The fraction of sp³-hybridized carbons (Fsp3) is 0.600. The summed E-state index contributed by atoms with van der Waals surface area (Å²) >= 11 is 0. The zero-order valence-corrected chi connectivity index (χ0v) is 22.2. The number of nitrogens with one attached hydrogen (secondary N) is 4. The Morgan fingerprint density at radius 1 is 1.00 bits per heavy atom. The van der Waals surface area contributed by atoms with Gasteiger partial charge in [0.25, 0.3) is 0 Å². The van der Waals surface area contributed by atoms with Gasteiger partial charge in [0.2, 0.25) is 17.7 Å². The van der Waals surface area contributed by atoms with E-state index in [1.807, 2.05) is 0 Å². The number of carbonyl (C=O) groups excluding carboxylic acids is 3. The van der Waals surface area contributed by atoms with Crippen molar-refractivity contribution in [3.05, 3.63) is 29.8 Å². The van der Waals surface area contributed by atoms with Gasteiger partial charge >= 0.3 is 5.97 Å². The van der Waals surface area contributed by atoms with Gasteiger partial charge in [-0.3, -0.25) is 14.4 Å². The predicted octanol–water partition coefficient (Wildman–Crippen LogP) is 1.35. The summed E-state index contributed by atoms with van der Waals surface area (Å²) in [7, 11) is 2.55. The summed E-state index contributed by atoms with van der Waals surface area (Å²) < 4.78 is 0. The van der Waals surface area contributed by atoms with Crippen LogP contribution in [0.2, 0.25) is 0 Å². The molecule has 2 unspecified atom stereocenters. The van der Waals surface area contributed by atoms with Crippen molar-refractivity contribution < 1.29 is 29.4 Å². The van der Waals surface area contributed by atoms with Crippen molar-refractivity contribution >= 4 is 45.3 Å². The number of phenolic OH excluding ortho intramolecular Hbond substituents is 1. The van der Waals surface area contributed by atoms with Crippen LogP contribution in [0.5, 0.6) is 5.75 Å². The molecule has 1 saturated carbocycles. The van der Waals surface area contributed by atoms with Gasteiger partial charge in [-0.15, -0.1) is 0 Å². The van der Waals surface area contributed by atoms with E-state index in [0.717, 1.165) is 24.8 Å². The third-order valence-corrected chi connectivity index (χ3v) is 9.98. The molecule has 202 valence electrons. The number of hydrogen-bond donors (Lipinski definition) is 6. The molecule has 0 radical (unpaired) electrons. The SMILES string of the molecule is O=C(N[C@H]1CSSC[C@@H](C(=O)O)NC(=O)C2(CCCC2)CCNC1=O)C1NCCC1c1ccc(O)cc1. The highest BCUT2D eigenvalue weighted by atomic mass is 33.1. The maximum absolute atomic E-state index is 13.3. The molecule has 3 aliphatic rings. The van der Waals surface area contributed by atoms with Gasteiger partial charge in [-0.2, -0.15) is 0 Å². The molecule has 4 atom stereocenters. The summed E-state index contributed by atoms with van der Waals surface area (Å²) in [5, 5.41) is 31.0. The third kappa shape index (κ3) is 6.71. The normalized spacial score (nSPS) is 28.9. The van der Waals surface area contributed by atoms with Crippen molar-refractivity contribution in [1.29, 1.82) is 0 Å². The molecule has 2 heterocycles. The van der Waals surface area contributed by atoms with Gasteiger partial charge in [-0.05, 0) is 49.9 Å². The summed E-state index contributed by atoms with van der Waals surface area (Å²) in [6.45, 7) is 0.927. The molecule has 0 aromatic heterocycles. The fourth-order valence-corrected chi connectivity index (χ4v) is 7.73. The van der Waals surface area contributed by atoms with E-state index in [0.29, 0.717) is 25.8 Å². The minimum absolute atomic E-state index is 0.0870. The lowest BCUT2D eigenvalue weighted by molar-refractivity contribution is -0.143. The van der Waals surface area contributed by atoms with Crippen molar-refractivity contribution in [3.63, 3.8) is 0 Å². The average Bonchev–Trinajstić information content (AvgIpc) is 3.55. The molecule has 10 nitrogen and oxygen atoms in total. The first-order chi connectivity index (χ1) is 17.8. The molecule has 2 saturated heterocycles. The van der Waals surface area contributed by atoms with E-state index >= 15 is 0 Å². The minimum Gasteiger partial charge on any atom is -0.508 e. The molecular weight excluding hydrogens is 516 g/mol. The first-order valence-corrected chi connectivity index (χ1v) is 15.2. The summed E-state index contributed by atoms with van der Waals surface area (Å²) in [4.78, 5) is 51.3. The van der Waals surface area contributed by atoms with Crippen LogP contribution in [0.4, 0.5) is 0 Å². The molecule has 12 heteroatoms. The van der Waals surface area contributed by atoms with Crippen molar-refractivity contribution in [3.8, 4) is 5.75 Å². The standard InChI is InChI=1S/C25H34N4O6S2/c30-16-5-3-15(4-6-16)17-7-11-26-20(17)22(32)28-18-13-36-37-14-19(23(33)34)29-24(35)25(8-1-2-9-25)10-12-27-21(18)31/h3-6,17-20,26,30H,1-2,7-14H2,(H,27,31)(H,28,32)(H,29,35)(H,33,34)/t17?,18-,19-,20?/m0/s1. The monoisotopic (exact) mass is 550 g/mol. The zero-order chi connectivity index (χ0) is 26.4. The molecule has 0 bridgehead atoms. The summed E-state index contributed by atoms with van der Waals surface area (Å²) in [5.41, 5.74) is 0.252. The van der Waals surface area contributed by atoms with E-state index in [4.69, 9.17) is 0 Å². The van der Waals surface area contributed by atoms with Crippen LogP contribution in [0, 0.1) is 5.41 Å². The second kappa shape index (κ2) is 12.4. The van der Waals surface area contributed by atoms with Crippen molar-refractivity contribution in [1.82, 2.24) is 21.3 Å². The second-order valence-electron chi connectivity index (χ2n) is 9.94. The Labute approximate surface area is 223 Å². The van der Waals surface area contributed by atoms with Crippen LogP contribution in [0.1, 0.15) is 50.0 Å². The maximum atomic E-state index is 13.3. The number of hydrogen-bond acceptors (Lipinski definition) is 8. The fourth-order valence-electron chi connectivity index (χ4n) is 5.41. The average molecular weight is 551 g/mol. The number of amides is 3. The lowest BCUT2D eigenvalue weighted by Crippen LogP contribution is -2.54. The molecule has 3 fully saturated rings. The van der Waals surface area contributed by atoms with Gasteiger partial charge in [0, 0.05) is 24.0 Å². The molecule has 1 spiro atoms. The Bertz CT molecular complexity index is 1000. The van der Waals surface area contributed by atoms with Gasteiger partial charge in [-0.1, -0.05) is 46.6 Å². The second-order valence-corrected chi connectivity index (χ2v) is 12.5. The molecule has 3 amide bonds. The van der Waals surface area contributed by atoms with E-state index in [1.54, 1.807) is 24.3 Å². The van der Waals surface area contributed by atoms with Crippen LogP contribution >= 0.6 is 21.6 Å². The Kier molecular flexibility index (Phi) is 9.25. The Balaban J connectivity index is 1.45. The van der Waals surface area contributed by atoms with Gasteiger partial charge in [0.05, 0.1) is 11.5 Å². The quantitative estimate of drug-likeness (QED) is 0.305. The predicted molar refractivity (Wildman–Crippen MR) is 142 cm³/mol. The molecule has 1 aromatic carbocycles. The molecular formula is C25H34N4O6S2. The number of carbonyl (C=O) groups is 4. The van der Waals surface area contributed by atoms with Gasteiger partial charge in [-0.25, -0.2) is 4.79 Å².